The second-order valence-corrected chi connectivity index (χ2v) is 7.17. The molecule has 1 aliphatic rings. The number of hydrogen-bond donors (Lipinski definition) is 1. The normalized spacial score (nSPS) is 15.1. The molecule has 5 nitrogen and oxygen atoms in total. The molecule has 2 aromatic rings. The molecule has 0 bridgehead atoms. The predicted octanol–water partition coefficient (Wildman–Crippen LogP) is 3.71. The van der Waals surface area contributed by atoms with Crippen molar-refractivity contribution < 1.29 is 9.59 Å². The summed E-state index contributed by atoms with van der Waals surface area (Å²) in [6.07, 6.45) is 13.8. The van der Waals surface area contributed by atoms with Crippen LogP contribution in [0.4, 0.5) is 0 Å². The largest absolute Gasteiger partial charge is 0.349 e. The van der Waals surface area contributed by atoms with Crippen LogP contribution in [0.1, 0.15) is 35.2 Å². The second kappa shape index (κ2) is 11.0. The number of aromatic nitrogens is 1. The van der Waals surface area contributed by atoms with Gasteiger partial charge in [0.1, 0.15) is 0 Å². The van der Waals surface area contributed by atoms with Crippen molar-refractivity contribution in [1.29, 1.82) is 0 Å². The molecule has 0 saturated carbocycles. The molecule has 0 spiro atoms. The van der Waals surface area contributed by atoms with Gasteiger partial charge in [0.2, 0.25) is 5.91 Å². The molecule has 29 heavy (non-hydrogen) atoms. The minimum atomic E-state index is -0.119. The van der Waals surface area contributed by atoms with Crippen LogP contribution in [0.15, 0.2) is 73.1 Å². The van der Waals surface area contributed by atoms with E-state index >= 15 is 0 Å². The Hall–Kier alpha value is -3.21. The number of likely N-dealkylation sites (tertiary alicyclic amines) is 1. The summed E-state index contributed by atoms with van der Waals surface area (Å²) < 4.78 is 0. The lowest BCUT2D eigenvalue weighted by Crippen LogP contribution is -2.38. The number of nitrogens with zero attached hydrogens (tertiary/aromatic N) is 2. The van der Waals surface area contributed by atoms with Crippen molar-refractivity contribution in [1.82, 2.24) is 15.2 Å². The minimum Gasteiger partial charge on any atom is -0.349 e. The molecule has 2 amide bonds. The zero-order valence-corrected chi connectivity index (χ0v) is 16.5. The molecule has 0 radical (unpaired) electrons. The number of amides is 2. The Morgan fingerprint density at radius 3 is 2.59 bits per heavy atom. The zero-order chi connectivity index (χ0) is 20.3. The van der Waals surface area contributed by atoms with E-state index in [0.29, 0.717) is 12.5 Å². The summed E-state index contributed by atoms with van der Waals surface area (Å²) in [5.74, 6) is 0.597. The quantitative estimate of drug-likeness (QED) is 0.580. The van der Waals surface area contributed by atoms with Gasteiger partial charge in [-0.15, -0.1) is 0 Å². The molecule has 1 aliphatic heterocycles. The lowest BCUT2D eigenvalue weighted by Gasteiger charge is -2.31. The Morgan fingerprint density at radius 1 is 1.07 bits per heavy atom. The van der Waals surface area contributed by atoms with Gasteiger partial charge in [-0.25, -0.2) is 0 Å². The minimum absolute atomic E-state index is 0.119. The summed E-state index contributed by atoms with van der Waals surface area (Å²) in [5.41, 5.74) is 1.66. The molecule has 0 aliphatic carbocycles. The summed E-state index contributed by atoms with van der Waals surface area (Å²) >= 11 is 0. The van der Waals surface area contributed by atoms with Gasteiger partial charge in [-0.1, -0.05) is 36.4 Å². The van der Waals surface area contributed by atoms with Crippen LogP contribution in [0.2, 0.25) is 0 Å². The Morgan fingerprint density at radius 2 is 1.86 bits per heavy atom. The highest BCUT2D eigenvalue weighted by molar-refractivity contribution is 5.94. The van der Waals surface area contributed by atoms with E-state index in [0.717, 1.165) is 43.5 Å². The Bertz CT molecular complexity index is 839. The van der Waals surface area contributed by atoms with Crippen molar-refractivity contribution in [3.8, 4) is 0 Å². The van der Waals surface area contributed by atoms with Crippen LogP contribution in [0.5, 0.6) is 0 Å². The first-order valence-corrected chi connectivity index (χ1v) is 10.1. The fourth-order valence-electron chi connectivity index (χ4n) is 3.37. The number of carbonyl (C=O) groups excluding carboxylic acids is 2. The molecule has 1 aromatic carbocycles. The van der Waals surface area contributed by atoms with E-state index in [4.69, 9.17) is 0 Å². The van der Waals surface area contributed by atoms with Crippen molar-refractivity contribution >= 4 is 17.9 Å². The lowest BCUT2D eigenvalue weighted by molar-refractivity contribution is -0.116. The third-order valence-corrected chi connectivity index (χ3v) is 5.06. The summed E-state index contributed by atoms with van der Waals surface area (Å²) in [6, 6.07) is 13.2. The third-order valence-electron chi connectivity index (χ3n) is 5.06. The van der Waals surface area contributed by atoms with Crippen LogP contribution in [0, 0.1) is 5.92 Å². The van der Waals surface area contributed by atoms with E-state index in [-0.39, 0.29) is 11.8 Å². The van der Waals surface area contributed by atoms with Gasteiger partial charge in [-0.05, 0) is 55.0 Å². The molecule has 1 N–H and O–H groups in total. The fourth-order valence-corrected chi connectivity index (χ4v) is 3.37. The highest BCUT2D eigenvalue weighted by Gasteiger charge is 2.22. The fraction of sp³-hybridized carbons (Fsp3) is 0.292. The van der Waals surface area contributed by atoms with Gasteiger partial charge in [0.05, 0.1) is 0 Å². The summed E-state index contributed by atoms with van der Waals surface area (Å²) in [4.78, 5) is 30.2. The number of pyridine rings is 1. The number of allylic oxidation sites excluding steroid dienone is 1. The molecule has 150 valence electrons. The van der Waals surface area contributed by atoms with Crippen LogP contribution in [0.25, 0.3) is 6.08 Å². The van der Waals surface area contributed by atoms with E-state index in [2.05, 4.69) is 16.4 Å². The predicted molar refractivity (Wildman–Crippen MR) is 115 cm³/mol. The van der Waals surface area contributed by atoms with Crippen molar-refractivity contribution in [2.75, 3.05) is 19.6 Å². The van der Waals surface area contributed by atoms with Crippen LogP contribution in [0.3, 0.4) is 0 Å². The summed E-state index contributed by atoms with van der Waals surface area (Å²) in [5, 5.41) is 2.84. The van der Waals surface area contributed by atoms with E-state index in [1.807, 2.05) is 53.4 Å². The third kappa shape index (κ3) is 6.71. The molecule has 3 rings (SSSR count). The van der Waals surface area contributed by atoms with E-state index in [1.54, 1.807) is 18.5 Å². The van der Waals surface area contributed by atoms with Crippen molar-refractivity contribution in [3.63, 3.8) is 0 Å². The lowest BCUT2D eigenvalue weighted by atomic mass is 9.93. The van der Waals surface area contributed by atoms with Gasteiger partial charge in [0.25, 0.3) is 5.91 Å². The molecule has 1 fully saturated rings. The Balaban J connectivity index is 1.32. The van der Waals surface area contributed by atoms with Gasteiger partial charge in [0.15, 0.2) is 0 Å². The summed E-state index contributed by atoms with van der Waals surface area (Å²) in [6.45, 7) is 2.13. The molecular formula is C24H27N3O2. The van der Waals surface area contributed by atoms with Gasteiger partial charge in [-0.3, -0.25) is 14.6 Å². The van der Waals surface area contributed by atoms with Crippen molar-refractivity contribution in [2.24, 2.45) is 5.92 Å². The van der Waals surface area contributed by atoms with Crippen LogP contribution in [-0.2, 0) is 4.79 Å². The van der Waals surface area contributed by atoms with Gasteiger partial charge < -0.3 is 10.2 Å². The number of benzene rings is 1. The topological polar surface area (TPSA) is 62.3 Å². The molecule has 1 aromatic heterocycles. The molecular weight excluding hydrogens is 362 g/mol. The van der Waals surface area contributed by atoms with Crippen LogP contribution >= 0.6 is 0 Å². The van der Waals surface area contributed by atoms with Crippen LogP contribution in [-0.4, -0.2) is 41.3 Å². The van der Waals surface area contributed by atoms with Gasteiger partial charge in [-0.2, -0.15) is 0 Å². The second-order valence-electron chi connectivity index (χ2n) is 7.17. The smallest absolute Gasteiger partial charge is 0.253 e. The number of hydrogen-bond acceptors (Lipinski definition) is 3. The number of piperidine rings is 1. The molecule has 2 heterocycles. The van der Waals surface area contributed by atoms with Gasteiger partial charge >= 0.3 is 0 Å². The number of carbonyl (C=O) groups is 2. The van der Waals surface area contributed by atoms with Gasteiger partial charge in [0, 0.05) is 43.7 Å². The van der Waals surface area contributed by atoms with Crippen molar-refractivity contribution in [2.45, 2.75) is 19.3 Å². The van der Waals surface area contributed by atoms with E-state index in [1.165, 1.54) is 6.08 Å². The highest BCUT2D eigenvalue weighted by Crippen LogP contribution is 2.22. The number of nitrogens with one attached hydrogen (secondary N) is 1. The SMILES string of the molecule is O=C(/C=C/c1cccnc1)NC/C=C/CC1CCN(C(=O)c2ccccc2)CC1. The van der Waals surface area contributed by atoms with E-state index < -0.39 is 0 Å². The molecule has 1 saturated heterocycles. The molecule has 5 heteroatoms. The maximum Gasteiger partial charge on any atom is 0.253 e. The maximum atomic E-state index is 12.5. The van der Waals surface area contributed by atoms with E-state index in [9.17, 15) is 9.59 Å². The Labute approximate surface area is 172 Å². The standard InChI is InChI=1S/C24H27N3O2/c28-23(12-11-21-8-6-15-25-19-21)26-16-5-4-7-20-13-17-27(18-14-20)24(29)22-9-2-1-3-10-22/h1-6,8-12,15,19-20H,7,13-14,16-18H2,(H,26,28)/b5-4+,12-11+. The average Bonchev–Trinajstić information content (AvgIpc) is 2.79. The first kappa shape index (κ1) is 20.5. The van der Waals surface area contributed by atoms with Crippen molar-refractivity contribution in [3.05, 3.63) is 84.2 Å². The summed E-state index contributed by atoms with van der Waals surface area (Å²) in [7, 11) is 0. The van der Waals surface area contributed by atoms with Crippen LogP contribution < -0.4 is 5.32 Å². The monoisotopic (exact) mass is 389 g/mol. The number of rotatable bonds is 7. The molecule has 0 atom stereocenters. The highest BCUT2D eigenvalue weighted by atomic mass is 16.2. The zero-order valence-electron chi connectivity index (χ0n) is 16.5. The maximum absolute atomic E-state index is 12.5. The first-order valence-electron chi connectivity index (χ1n) is 10.1. The Kier molecular flexibility index (Phi) is 7.75. The molecule has 0 unspecified atom stereocenters. The first-order chi connectivity index (χ1) is 14.2. The average molecular weight is 389 g/mol.